The van der Waals surface area contributed by atoms with Gasteiger partial charge in [0.2, 0.25) is 0 Å². The molecule has 2 rings (SSSR count). The van der Waals surface area contributed by atoms with Crippen molar-refractivity contribution in [1.29, 1.82) is 0 Å². The van der Waals surface area contributed by atoms with E-state index in [2.05, 4.69) is 20.6 Å². The largest absolute Gasteiger partial charge is 0.385 e. The normalized spacial score (nSPS) is 10.4. The molecular formula is C14H16Cl2N4O. The van der Waals surface area contributed by atoms with Crippen molar-refractivity contribution in [3.05, 3.63) is 40.6 Å². The molecule has 1 aromatic carbocycles. The number of ether oxygens (including phenoxy) is 1. The first-order chi connectivity index (χ1) is 10.2. The Bertz CT molecular complexity index is 575. The van der Waals surface area contributed by atoms with Gasteiger partial charge in [0.1, 0.15) is 18.0 Å². The molecule has 0 aliphatic rings. The lowest BCUT2D eigenvalue weighted by atomic mass is 10.3. The lowest BCUT2D eigenvalue weighted by molar-refractivity contribution is 0.198. The van der Waals surface area contributed by atoms with Crippen LogP contribution in [0.2, 0.25) is 10.0 Å². The highest BCUT2D eigenvalue weighted by molar-refractivity contribution is 6.39. The highest BCUT2D eigenvalue weighted by Crippen LogP contribution is 2.32. The molecule has 0 saturated heterocycles. The van der Waals surface area contributed by atoms with Gasteiger partial charge < -0.3 is 15.4 Å². The van der Waals surface area contributed by atoms with Gasteiger partial charge in [-0.2, -0.15) is 0 Å². The fourth-order valence-electron chi connectivity index (χ4n) is 1.70. The lowest BCUT2D eigenvalue weighted by Gasteiger charge is -2.11. The molecule has 1 heterocycles. The quantitative estimate of drug-likeness (QED) is 0.754. The van der Waals surface area contributed by atoms with Crippen LogP contribution in [0.15, 0.2) is 30.6 Å². The number of rotatable bonds is 7. The van der Waals surface area contributed by atoms with Crippen molar-refractivity contribution >= 4 is 40.5 Å². The Morgan fingerprint density at radius 3 is 2.57 bits per heavy atom. The summed E-state index contributed by atoms with van der Waals surface area (Å²) in [4.78, 5) is 8.31. The van der Waals surface area contributed by atoms with E-state index in [-0.39, 0.29) is 0 Å². The van der Waals surface area contributed by atoms with E-state index < -0.39 is 0 Å². The zero-order valence-electron chi connectivity index (χ0n) is 11.6. The molecule has 5 nitrogen and oxygen atoms in total. The van der Waals surface area contributed by atoms with Crippen molar-refractivity contribution in [1.82, 2.24) is 9.97 Å². The van der Waals surface area contributed by atoms with Gasteiger partial charge in [0, 0.05) is 26.3 Å². The van der Waals surface area contributed by atoms with Gasteiger partial charge in [-0.3, -0.25) is 0 Å². The molecular weight excluding hydrogens is 311 g/mol. The molecule has 2 N–H and O–H groups in total. The maximum atomic E-state index is 6.12. The maximum Gasteiger partial charge on any atom is 0.135 e. The predicted octanol–water partition coefficient (Wildman–Crippen LogP) is 3.98. The molecule has 1 aromatic heterocycles. The number of hydrogen-bond donors (Lipinski definition) is 2. The minimum atomic E-state index is 0.538. The van der Waals surface area contributed by atoms with Crippen molar-refractivity contribution in [3.63, 3.8) is 0 Å². The van der Waals surface area contributed by atoms with Gasteiger partial charge in [-0.1, -0.05) is 29.3 Å². The Morgan fingerprint density at radius 2 is 1.86 bits per heavy atom. The Hall–Kier alpha value is -1.56. The second-order valence-electron chi connectivity index (χ2n) is 4.28. The molecule has 0 aliphatic carbocycles. The number of para-hydroxylation sites is 1. The number of halogens is 2. The van der Waals surface area contributed by atoms with Crippen LogP contribution in [0, 0.1) is 0 Å². The molecule has 0 saturated carbocycles. The molecule has 0 fully saturated rings. The van der Waals surface area contributed by atoms with E-state index in [4.69, 9.17) is 27.9 Å². The summed E-state index contributed by atoms with van der Waals surface area (Å²) in [6.07, 6.45) is 2.38. The van der Waals surface area contributed by atoms with Gasteiger partial charge in [-0.25, -0.2) is 9.97 Å². The topological polar surface area (TPSA) is 59.1 Å². The molecule has 0 unspecified atom stereocenters. The van der Waals surface area contributed by atoms with Gasteiger partial charge in [0.05, 0.1) is 15.7 Å². The highest BCUT2D eigenvalue weighted by atomic mass is 35.5. The van der Waals surface area contributed by atoms with E-state index in [9.17, 15) is 0 Å². The van der Waals surface area contributed by atoms with Crippen LogP contribution in [0.5, 0.6) is 0 Å². The number of benzene rings is 1. The van der Waals surface area contributed by atoms with E-state index >= 15 is 0 Å². The van der Waals surface area contributed by atoms with Crippen LogP contribution >= 0.6 is 23.2 Å². The summed E-state index contributed by atoms with van der Waals surface area (Å²) in [7, 11) is 1.68. The zero-order chi connectivity index (χ0) is 15.1. The number of anilines is 3. The fourth-order valence-corrected chi connectivity index (χ4v) is 2.19. The Kier molecular flexibility index (Phi) is 6.04. The Labute approximate surface area is 133 Å². The zero-order valence-corrected chi connectivity index (χ0v) is 13.1. The van der Waals surface area contributed by atoms with Gasteiger partial charge in [0.25, 0.3) is 0 Å². The smallest absolute Gasteiger partial charge is 0.135 e. The first-order valence-corrected chi connectivity index (χ1v) is 7.22. The molecule has 0 atom stereocenters. The maximum absolute atomic E-state index is 6.12. The minimum absolute atomic E-state index is 0.538. The Balaban J connectivity index is 2.04. The number of aromatic nitrogens is 2. The number of nitrogens with zero attached hydrogens (tertiary/aromatic N) is 2. The third-order valence-electron chi connectivity index (χ3n) is 2.71. The molecule has 0 bridgehead atoms. The van der Waals surface area contributed by atoms with Crippen molar-refractivity contribution in [2.75, 3.05) is 30.9 Å². The summed E-state index contributed by atoms with van der Waals surface area (Å²) in [5, 5.41) is 7.38. The monoisotopic (exact) mass is 326 g/mol. The van der Waals surface area contributed by atoms with Crippen LogP contribution in [0.25, 0.3) is 0 Å². The second kappa shape index (κ2) is 8.02. The first-order valence-electron chi connectivity index (χ1n) is 6.46. The van der Waals surface area contributed by atoms with E-state index in [0.717, 1.165) is 18.8 Å². The molecule has 0 aliphatic heterocycles. The van der Waals surface area contributed by atoms with Crippen LogP contribution in [0.1, 0.15) is 6.42 Å². The fraction of sp³-hybridized carbons (Fsp3) is 0.286. The van der Waals surface area contributed by atoms with E-state index in [0.29, 0.717) is 28.2 Å². The van der Waals surface area contributed by atoms with Crippen molar-refractivity contribution in [3.8, 4) is 0 Å². The van der Waals surface area contributed by atoms with E-state index in [1.54, 1.807) is 31.4 Å². The number of hydrogen-bond acceptors (Lipinski definition) is 5. The van der Waals surface area contributed by atoms with Crippen molar-refractivity contribution in [2.24, 2.45) is 0 Å². The minimum Gasteiger partial charge on any atom is -0.385 e. The van der Waals surface area contributed by atoms with Gasteiger partial charge in [-0.15, -0.1) is 0 Å². The number of nitrogens with one attached hydrogen (secondary N) is 2. The third-order valence-corrected chi connectivity index (χ3v) is 3.34. The predicted molar refractivity (Wildman–Crippen MR) is 86.8 cm³/mol. The molecule has 2 aromatic rings. The average Bonchev–Trinajstić information content (AvgIpc) is 2.48. The summed E-state index contributed by atoms with van der Waals surface area (Å²) < 4.78 is 4.99. The molecule has 21 heavy (non-hydrogen) atoms. The standard InChI is InChI=1S/C14H16Cl2N4O/c1-21-7-3-6-17-12-8-13(19-9-18-12)20-14-10(15)4-2-5-11(14)16/h2,4-5,8-9H,3,6-7H2,1H3,(H2,17,18,19,20). The van der Waals surface area contributed by atoms with Crippen LogP contribution in [-0.2, 0) is 4.74 Å². The van der Waals surface area contributed by atoms with Gasteiger partial charge in [-0.05, 0) is 18.6 Å². The molecule has 0 amide bonds. The third kappa shape index (κ3) is 4.74. The van der Waals surface area contributed by atoms with E-state index in [1.807, 2.05) is 0 Å². The van der Waals surface area contributed by atoms with E-state index in [1.165, 1.54) is 6.33 Å². The highest BCUT2D eigenvalue weighted by Gasteiger charge is 2.07. The second-order valence-corrected chi connectivity index (χ2v) is 5.10. The van der Waals surface area contributed by atoms with Gasteiger partial charge in [0.15, 0.2) is 0 Å². The average molecular weight is 327 g/mol. The van der Waals surface area contributed by atoms with Crippen molar-refractivity contribution in [2.45, 2.75) is 6.42 Å². The SMILES string of the molecule is COCCCNc1cc(Nc2c(Cl)cccc2Cl)ncn1. The summed E-state index contributed by atoms with van der Waals surface area (Å²) in [5.74, 6) is 1.35. The van der Waals surface area contributed by atoms with Gasteiger partial charge >= 0.3 is 0 Å². The molecule has 0 radical (unpaired) electrons. The molecule has 0 spiro atoms. The molecule has 7 heteroatoms. The van der Waals surface area contributed by atoms with Crippen LogP contribution < -0.4 is 10.6 Å². The summed E-state index contributed by atoms with van der Waals surface area (Å²) in [6, 6.07) is 7.12. The van der Waals surface area contributed by atoms with Crippen LogP contribution in [0.3, 0.4) is 0 Å². The first kappa shape index (κ1) is 15.8. The summed E-state index contributed by atoms with van der Waals surface area (Å²) >= 11 is 12.2. The lowest BCUT2D eigenvalue weighted by Crippen LogP contribution is -2.07. The number of methoxy groups -OCH3 is 1. The summed E-state index contributed by atoms with van der Waals surface area (Å²) in [5.41, 5.74) is 0.630. The van der Waals surface area contributed by atoms with Crippen LogP contribution in [0.4, 0.5) is 17.3 Å². The van der Waals surface area contributed by atoms with Crippen molar-refractivity contribution < 1.29 is 4.74 Å². The summed E-state index contributed by atoms with van der Waals surface area (Å²) in [6.45, 7) is 1.48. The Morgan fingerprint density at radius 1 is 1.14 bits per heavy atom. The van der Waals surface area contributed by atoms with Crippen LogP contribution in [-0.4, -0.2) is 30.2 Å². The molecule has 112 valence electrons.